The second-order valence-electron chi connectivity index (χ2n) is 5.21. The summed E-state index contributed by atoms with van der Waals surface area (Å²) >= 11 is 0. The molecule has 0 aliphatic carbocycles. The number of hydrogen-bond acceptors (Lipinski definition) is 3. The number of nitrogens with two attached hydrogens (primary N) is 1. The van der Waals surface area contributed by atoms with Crippen LogP contribution in [-0.4, -0.2) is 35.6 Å². The molecule has 0 unspecified atom stereocenters. The van der Waals surface area contributed by atoms with Crippen molar-refractivity contribution in [2.45, 2.75) is 39.5 Å². The molecule has 1 rings (SSSR count). The van der Waals surface area contributed by atoms with Crippen molar-refractivity contribution in [1.82, 2.24) is 4.90 Å². The minimum absolute atomic E-state index is 0.0131. The summed E-state index contributed by atoms with van der Waals surface area (Å²) in [5, 5.41) is 9.13. The van der Waals surface area contributed by atoms with Gasteiger partial charge in [0.15, 0.2) is 0 Å². The second kappa shape index (κ2) is 8.59. The first-order valence-corrected chi connectivity index (χ1v) is 7.35. The van der Waals surface area contributed by atoms with Gasteiger partial charge in [-0.05, 0) is 37.1 Å². The van der Waals surface area contributed by atoms with E-state index >= 15 is 0 Å². The number of nitrogens with zero attached hydrogens (tertiary/aromatic N) is 1. The fourth-order valence-corrected chi connectivity index (χ4v) is 2.28. The van der Waals surface area contributed by atoms with Crippen LogP contribution in [0.3, 0.4) is 0 Å². The third-order valence-corrected chi connectivity index (χ3v) is 3.29. The van der Waals surface area contributed by atoms with Gasteiger partial charge in [-0.3, -0.25) is 4.79 Å². The standard InChI is InChI=1S/C16H26N2O2/c1-3-4-5-6-7-18(8-9-19)16(20)14-10-13(2)11-15(17)12-14/h10-12,19H,3-9,17H2,1-2H3. The van der Waals surface area contributed by atoms with Crippen LogP contribution in [0.2, 0.25) is 0 Å². The first-order chi connectivity index (χ1) is 9.58. The number of benzene rings is 1. The van der Waals surface area contributed by atoms with E-state index in [-0.39, 0.29) is 12.5 Å². The van der Waals surface area contributed by atoms with Crippen LogP contribution >= 0.6 is 0 Å². The molecule has 20 heavy (non-hydrogen) atoms. The number of anilines is 1. The molecule has 0 aliphatic rings. The molecule has 4 nitrogen and oxygen atoms in total. The summed E-state index contributed by atoms with van der Waals surface area (Å²) in [6.07, 6.45) is 4.43. The number of rotatable bonds is 8. The second-order valence-corrected chi connectivity index (χ2v) is 5.21. The molecular weight excluding hydrogens is 252 g/mol. The lowest BCUT2D eigenvalue weighted by Crippen LogP contribution is -2.34. The number of carbonyl (C=O) groups excluding carboxylic acids is 1. The van der Waals surface area contributed by atoms with E-state index in [9.17, 15) is 4.79 Å². The molecule has 0 heterocycles. The summed E-state index contributed by atoms with van der Waals surface area (Å²) in [6, 6.07) is 5.38. The van der Waals surface area contributed by atoms with E-state index in [4.69, 9.17) is 10.8 Å². The highest BCUT2D eigenvalue weighted by Crippen LogP contribution is 2.14. The maximum Gasteiger partial charge on any atom is 0.254 e. The number of hydrogen-bond donors (Lipinski definition) is 2. The topological polar surface area (TPSA) is 66.6 Å². The molecule has 4 heteroatoms. The van der Waals surface area contributed by atoms with Crippen molar-refractivity contribution in [2.75, 3.05) is 25.4 Å². The van der Waals surface area contributed by atoms with Gasteiger partial charge in [0.2, 0.25) is 0 Å². The number of aliphatic hydroxyl groups is 1. The van der Waals surface area contributed by atoms with E-state index in [1.807, 2.05) is 19.1 Å². The summed E-state index contributed by atoms with van der Waals surface area (Å²) in [4.78, 5) is 14.2. The molecule has 0 saturated heterocycles. The van der Waals surface area contributed by atoms with Gasteiger partial charge in [0.1, 0.15) is 0 Å². The average molecular weight is 278 g/mol. The summed E-state index contributed by atoms with van der Waals surface area (Å²) < 4.78 is 0. The van der Waals surface area contributed by atoms with Crippen LogP contribution in [0.15, 0.2) is 18.2 Å². The first-order valence-electron chi connectivity index (χ1n) is 7.35. The van der Waals surface area contributed by atoms with Gasteiger partial charge in [-0.25, -0.2) is 0 Å². The van der Waals surface area contributed by atoms with Crippen molar-refractivity contribution < 1.29 is 9.90 Å². The number of amides is 1. The van der Waals surface area contributed by atoms with Crippen LogP contribution in [-0.2, 0) is 0 Å². The van der Waals surface area contributed by atoms with Crippen molar-refractivity contribution in [3.63, 3.8) is 0 Å². The zero-order chi connectivity index (χ0) is 15.0. The molecule has 1 aromatic carbocycles. The van der Waals surface area contributed by atoms with Crippen molar-refractivity contribution >= 4 is 11.6 Å². The Morgan fingerprint density at radius 2 is 1.95 bits per heavy atom. The number of unbranched alkanes of at least 4 members (excludes halogenated alkanes) is 3. The third kappa shape index (κ3) is 5.21. The SMILES string of the molecule is CCCCCCN(CCO)C(=O)c1cc(C)cc(N)c1. The zero-order valence-corrected chi connectivity index (χ0v) is 12.6. The number of aryl methyl sites for hydroxylation is 1. The summed E-state index contributed by atoms with van der Waals surface area (Å²) in [5.74, 6) is -0.0500. The molecule has 112 valence electrons. The van der Waals surface area contributed by atoms with E-state index in [1.165, 1.54) is 12.8 Å². The molecule has 0 aromatic heterocycles. The Balaban J connectivity index is 2.71. The van der Waals surface area contributed by atoms with E-state index in [2.05, 4.69) is 6.92 Å². The molecule has 0 spiro atoms. The zero-order valence-electron chi connectivity index (χ0n) is 12.6. The Morgan fingerprint density at radius 1 is 1.20 bits per heavy atom. The van der Waals surface area contributed by atoms with E-state index in [1.54, 1.807) is 11.0 Å². The Bertz CT molecular complexity index is 412. The van der Waals surface area contributed by atoms with E-state index < -0.39 is 0 Å². The van der Waals surface area contributed by atoms with Gasteiger partial charge in [-0.1, -0.05) is 26.2 Å². The minimum atomic E-state index is -0.0500. The lowest BCUT2D eigenvalue weighted by Gasteiger charge is -2.22. The van der Waals surface area contributed by atoms with Gasteiger partial charge < -0.3 is 15.7 Å². The maximum absolute atomic E-state index is 12.5. The Kier molecular flexibility index (Phi) is 7.09. The molecule has 0 aliphatic heterocycles. The lowest BCUT2D eigenvalue weighted by molar-refractivity contribution is 0.0718. The van der Waals surface area contributed by atoms with Gasteiger partial charge >= 0.3 is 0 Å². The average Bonchev–Trinajstić information content (AvgIpc) is 2.40. The lowest BCUT2D eigenvalue weighted by atomic mass is 10.1. The van der Waals surface area contributed by atoms with Crippen molar-refractivity contribution in [3.8, 4) is 0 Å². The van der Waals surface area contributed by atoms with Crippen LogP contribution in [0.4, 0.5) is 5.69 Å². The summed E-state index contributed by atoms with van der Waals surface area (Å²) in [6.45, 7) is 5.13. The minimum Gasteiger partial charge on any atom is -0.399 e. The smallest absolute Gasteiger partial charge is 0.254 e. The van der Waals surface area contributed by atoms with Crippen LogP contribution in [0.25, 0.3) is 0 Å². The molecule has 3 N–H and O–H groups in total. The monoisotopic (exact) mass is 278 g/mol. The van der Waals surface area contributed by atoms with Gasteiger partial charge in [-0.2, -0.15) is 0 Å². The Labute approximate surface area is 121 Å². The molecule has 0 radical (unpaired) electrons. The van der Waals surface area contributed by atoms with Crippen molar-refractivity contribution in [1.29, 1.82) is 0 Å². The van der Waals surface area contributed by atoms with Gasteiger partial charge in [0, 0.05) is 24.3 Å². The van der Waals surface area contributed by atoms with Crippen LogP contribution < -0.4 is 5.73 Å². The fraction of sp³-hybridized carbons (Fsp3) is 0.562. The Morgan fingerprint density at radius 3 is 2.55 bits per heavy atom. The summed E-state index contributed by atoms with van der Waals surface area (Å²) in [5.41, 5.74) is 7.97. The molecule has 0 atom stereocenters. The normalized spacial score (nSPS) is 10.6. The van der Waals surface area contributed by atoms with Gasteiger partial charge in [0.05, 0.1) is 6.61 Å². The quantitative estimate of drug-likeness (QED) is 0.567. The predicted octanol–water partition coefficient (Wildman–Crippen LogP) is 2.59. The highest BCUT2D eigenvalue weighted by Gasteiger charge is 2.15. The third-order valence-electron chi connectivity index (χ3n) is 3.29. The molecular formula is C16H26N2O2. The van der Waals surface area contributed by atoms with Crippen molar-refractivity contribution in [2.24, 2.45) is 0 Å². The predicted molar refractivity (Wildman–Crippen MR) is 82.7 cm³/mol. The van der Waals surface area contributed by atoms with E-state index in [0.717, 1.165) is 18.4 Å². The molecule has 1 aromatic rings. The molecule has 0 saturated carbocycles. The summed E-state index contributed by atoms with van der Waals surface area (Å²) in [7, 11) is 0. The Hall–Kier alpha value is -1.55. The number of nitrogen functional groups attached to an aromatic ring is 1. The number of carbonyl (C=O) groups is 1. The highest BCUT2D eigenvalue weighted by atomic mass is 16.3. The van der Waals surface area contributed by atoms with Crippen LogP contribution in [0.5, 0.6) is 0 Å². The molecule has 1 amide bonds. The van der Waals surface area contributed by atoms with Crippen LogP contribution in [0, 0.1) is 6.92 Å². The molecule has 0 bridgehead atoms. The number of aliphatic hydroxyl groups excluding tert-OH is 1. The first kappa shape index (κ1) is 16.5. The van der Waals surface area contributed by atoms with Crippen LogP contribution in [0.1, 0.15) is 48.5 Å². The maximum atomic E-state index is 12.5. The van der Waals surface area contributed by atoms with Gasteiger partial charge in [0.25, 0.3) is 5.91 Å². The van der Waals surface area contributed by atoms with Gasteiger partial charge in [-0.15, -0.1) is 0 Å². The van der Waals surface area contributed by atoms with Crippen molar-refractivity contribution in [3.05, 3.63) is 29.3 Å². The fourth-order valence-electron chi connectivity index (χ4n) is 2.28. The largest absolute Gasteiger partial charge is 0.399 e. The molecule has 0 fully saturated rings. The highest BCUT2D eigenvalue weighted by molar-refractivity contribution is 5.95. The van der Waals surface area contributed by atoms with E-state index in [0.29, 0.717) is 24.3 Å².